The molecule has 13 heteroatoms. The molecule has 33 heavy (non-hydrogen) atoms. The van der Waals surface area contributed by atoms with Crippen molar-refractivity contribution in [1.29, 1.82) is 0 Å². The highest BCUT2D eigenvalue weighted by atomic mass is 32.2. The van der Waals surface area contributed by atoms with Crippen molar-refractivity contribution in [2.75, 3.05) is 6.61 Å². The second-order valence-electron chi connectivity index (χ2n) is 6.58. The number of benzene rings is 2. The van der Waals surface area contributed by atoms with E-state index in [0.717, 1.165) is 11.8 Å². The Morgan fingerprint density at radius 3 is 2.12 bits per heavy atom. The Morgan fingerprint density at radius 1 is 1.03 bits per heavy atom. The molecule has 0 atom stereocenters. The Kier molecular flexibility index (Phi) is 6.75. The van der Waals surface area contributed by atoms with Crippen molar-refractivity contribution in [1.82, 2.24) is 5.32 Å². The molecular formula is C20H11F6NO4S2. The summed E-state index contributed by atoms with van der Waals surface area (Å²) in [6.07, 6.45) is -8.81. The van der Waals surface area contributed by atoms with E-state index in [1.807, 2.05) is 0 Å². The number of ether oxygens (including phenoxy) is 1. The van der Waals surface area contributed by atoms with E-state index in [-0.39, 0.29) is 37.7 Å². The zero-order valence-electron chi connectivity index (χ0n) is 16.0. The lowest BCUT2D eigenvalue weighted by Crippen LogP contribution is -2.17. The van der Waals surface area contributed by atoms with Gasteiger partial charge in [0.15, 0.2) is 6.61 Å². The summed E-state index contributed by atoms with van der Waals surface area (Å²) in [5.74, 6) is -1.94. The molecule has 2 aromatic rings. The van der Waals surface area contributed by atoms with E-state index in [1.165, 1.54) is 24.3 Å². The van der Waals surface area contributed by atoms with Gasteiger partial charge in [-0.1, -0.05) is 30.0 Å². The van der Waals surface area contributed by atoms with E-state index in [0.29, 0.717) is 12.1 Å². The number of carboxylic acids is 1. The standard InChI is InChI=1S/C20H11F6NO4S2/c21-19(22,23)12-4-10(5-13(7-12)20(24,25)26)9-1-2-14(31-8-16(28)29)11(3-9)6-15-17(30)27-18(32)33-15/h1-7H,8H2,(H,28,29)(H,27,30,32). The Bertz CT molecular complexity index is 1140. The SMILES string of the molecule is O=C(O)COc1ccc(-c2cc(C(F)(F)F)cc(C(F)(F)F)c2)cc1C=C1SC(=S)NC1=O. The molecule has 0 bridgehead atoms. The van der Waals surface area contributed by atoms with Crippen LogP contribution in [-0.2, 0) is 21.9 Å². The lowest BCUT2D eigenvalue weighted by atomic mass is 9.97. The predicted molar refractivity (Wildman–Crippen MR) is 111 cm³/mol. The van der Waals surface area contributed by atoms with Crippen molar-refractivity contribution >= 4 is 46.3 Å². The number of carbonyl (C=O) groups excluding carboxylic acids is 1. The number of amides is 1. The molecule has 174 valence electrons. The molecule has 1 heterocycles. The highest BCUT2D eigenvalue weighted by Crippen LogP contribution is 2.40. The molecule has 1 saturated heterocycles. The first kappa shape index (κ1) is 24.6. The molecule has 1 aliphatic heterocycles. The number of rotatable bonds is 5. The zero-order valence-corrected chi connectivity index (χ0v) is 17.6. The first-order chi connectivity index (χ1) is 15.2. The topological polar surface area (TPSA) is 75.6 Å². The van der Waals surface area contributed by atoms with E-state index < -0.39 is 42.0 Å². The Labute approximate surface area is 191 Å². The number of carboxylic acid groups (broad SMARTS) is 1. The van der Waals surface area contributed by atoms with E-state index in [4.69, 9.17) is 22.1 Å². The lowest BCUT2D eigenvalue weighted by molar-refractivity contribution is -0.143. The third-order valence-corrected chi connectivity index (χ3v) is 5.37. The molecule has 3 rings (SSSR count). The summed E-state index contributed by atoms with van der Waals surface area (Å²) in [7, 11) is 0. The minimum absolute atomic E-state index is 0.0111. The largest absolute Gasteiger partial charge is 0.481 e. The summed E-state index contributed by atoms with van der Waals surface area (Å²) in [5, 5.41) is 11.2. The van der Waals surface area contributed by atoms with Gasteiger partial charge in [-0.3, -0.25) is 4.79 Å². The quantitative estimate of drug-likeness (QED) is 0.323. The number of thioether (sulfide) groups is 1. The molecule has 0 spiro atoms. The maximum absolute atomic E-state index is 13.2. The van der Waals surface area contributed by atoms with Gasteiger partial charge in [0.25, 0.3) is 5.91 Å². The van der Waals surface area contributed by atoms with Crippen LogP contribution in [0.5, 0.6) is 5.75 Å². The summed E-state index contributed by atoms with van der Waals surface area (Å²) in [4.78, 5) is 22.9. The third kappa shape index (κ3) is 6.05. The molecule has 1 amide bonds. The second kappa shape index (κ2) is 9.06. The van der Waals surface area contributed by atoms with Crippen LogP contribution in [0, 0.1) is 0 Å². The van der Waals surface area contributed by atoms with Gasteiger partial charge in [-0.05, 0) is 47.5 Å². The molecule has 0 aliphatic carbocycles. The molecule has 0 radical (unpaired) electrons. The van der Waals surface area contributed by atoms with Crippen LogP contribution in [0.3, 0.4) is 0 Å². The molecule has 2 aromatic carbocycles. The highest BCUT2D eigenvalue weighted by Gasteiger charge is 2.37. The van der Waals surface area contributed by atoms with E-state index in [2.05, 4.69) is 5.32 Å². The van der Waals surface area contributed by atoms with Crippen LogP contribution in [0.2, 0.25) is 0 Å². The van der Waals surface area contributed by atoms with Crippen molar-refractivity contribution in [3.63, 3.8) is 0 Å². The normalized spacial score (nSPS) is 15.6. The van der Waals surface area contributed by atoms with Gasteiger partial charge < -0.3 is 15.2 Å². The number of hydrogen-bond acceptors (Lipinski definition) is 5. The summed E-state index contributed by atoms with van der Waals surface area (Å²) in [5.41, 5.74) is -3.36. The fourth-order valence-corrected chi connectivity index (χ4v) is 3.83. The predicted octanol–water partition coefficient (Wildman–Crippen LogP) is 5.34. The van der Waals surface area contributed by atoms with Gasteiger partial charge in [-0.2, -0.15) is 26.3 Å². The molecule has 1 aliphatic rings. The van der Waals surface area contributed by atoms with E-state index in [9.17, 15) is 35.9 Å². The number of thiocarbonyl (C=S) groups is 1. The van der Waals surface area contributed by atoms with Crippen LogP contribution in [0.15, 0.2) is 41.3 Å². The number of nitrogens with one attached hydrogen (secondary N) is 1. The van der Waals surface area contributed by atoms with Gasteiger partial charge in [0.2, 0.25) is 0 Å². The summed E-state index contributed by atoms with van der Waals surface area (Å²) in [6.45, 7) is -0.769. The molecular weight excluding hydrogens is 496 g/mol. The molecule has 1 fully saturated rings. The van der Waals surface area contributed by atoms with Crippen molar-refractivity contribution < 1.29 is 45.8 Å². The molecule has 0 unspecified atom stereocenters. The van der Waals surface area contributed by atoms with Crippen LogP contribution in [0.25, 0.3) is 17.2 Å². The molecule has 5 nitrogen and oxygen atoms in total. The summed E-state index contributed by atoms with van der Waals surface area (Å²) < 4.78 is 84.5. The Morgan fingerprint density at radius 2 is 1.64 bits per heavy atom. The zero-order chi connectivity index (χ0) is 24.6. The van der Waals surface area contributed by atoms with Crippen LogP contribution >= 0.6 is 24.0 Å². The monoisotopic (exact) mass is 507 g/mol. The van der Waals surface area contributed by atoms with E-state index >= 15 is 0 Å². The fourth-order valence-electron chi connectivity index (χ4n) is 2.80. The van der Waals surface area contributed by atoms with Gasteiger partial charge in [0, 0.05) is 5.56 Å². The van der Waals surface area contributed by atoms with Gasteiger partial charge in [0.05, 0.1) is 16.0 Å². The van der Waals surface area contributed by atoms with Gasteiger partial charge in [-0.25, -0.2) is 4.79 Å². The van der Waals surface area contributed by atoms with Crippen molar-refractivity contribution in [3.8, 4) is 16.9 Å². The number of hydrogen-bond donors (Lipinski definition) is 2. The number of carbonyl (C=O) groups is 2. The second-order valence-corrected chi connectivity index (χ2v) is 8.30. The van der Waals surface area contributed by atoms with Crippen molar-refractivity contribution in [2.24, 2.45) is 0 Å². The summed E-state index contributed by atoms with van der Waals surface area (Å²) in [6, 6.07) is 4.69. The van der Waals surface area contributed by atoms with Crippen LogP contribution < -0.4 is 10.1 Å². The van der Waals surface area contributed by atoms with Crippen molar-refractivity contribution in [3.05, 3.63) is 58.0 Å². The molecule has 2 N–H and O–H groups in total. The maximum Gasteiger partial charge on any atom is 0.416 e. The van der Waals surface area contributed by atoms with Gasteiger partial charge in [0.1, 0.15) is 10.1 Å². The van der Waals surface area contributed by atoms with Gasteiger partial charge >= 0.3 is 18.3 Å². The average Bonchev–Trinajstić information content (AvgIpc) is 3.02. The first-order valence-corrected chi connectivity index (χ1v) is 10.00. The highest BCUT2D eigenvalue weighted by molar-refractivity contribution is 8.26. The minimum atomic E-state index is -5.03. The average molecular weight is 507 g/mol. The summed E-state index contributed by atoms with van der Waals surface area (Å²) >= 11 is 5.75. The van der Waals surface area contributed by atoms with Crippen LogP contribution in [-0.4, -0.2) is 27.9 Å². The number of halogens is 6. The Hall–Kier alpha value is -3.06. The minimum Gasteiger partial charge on any atom is -0.481 e. The Balaban J connectivity index is 2.16. The van der Waals surface area contributed by atoms with E-state index in [1.54, 1.807) is 0 Å². The first-order valence-electron chi connectivity index (χ1n) is 8.77. The van der Waals surface area contributed by atoms with Gasteiger partial charge in [-0.15, -0.1) is 0 Å². The number of aliphatic carboxylic acids is 1. The third-order valence-electron chi connectivity index (χ3n) is 4.21. The lowest BCUT2D eigenvalue weighted by Gasteiger charge is -2.15. The van der Waals surface area contributed by atoms with Crippen molar-refractivity contribution in [2.45, 2.75) is 12.4 Å². The van der Waals surface area contributed by atoms with Crippen LogP contribution in [0.4, 0.5) is 26.3 Å². The maximum atomic E-state index is 13.2. The number of alkyl halides is 6. The molecule has 0 aromatic heterocycles. The fraction of sp³-hybridized carbons (Fsp3) is 0.150. The molecule has 0 saturated carbocycles. The smallest absolute Gasteiger partial charge is 0.416 e. The van der Waals surface area contributed by atoms with Crippen LogP contribution in [0.1, 0.15) is 16.7 Å².